The van der Waals surface area contributed by atoms with E-state index in [2.05, 4.69) is 31.7 Å². The van der Waals surface area contributed by atoms with Gasteiger partial charge in [0.05, 0.1) is 26.0 Å². The lowest BCUT2D eigenvalue weighted by Gasteiger charge is -2.26. The second kappa shape index (κ2) is 8.84. The molecule has 1 aromatic carbocycles. The minimum atomic E-state index is 0.433. The van der Waals surface area contributed by atoms with Crippen molar-refractivity contribution in [3.63, 3.8) is 0 Å². The van der Waals surface area contributed by atoms with Crippen LogP contribution in [0.3, 0.4) is 0 Å². The van der Waals surface area contributed by atoms with Crippen molar-refractivity contribution in [1.29, 1.82) is 0 Å². The van der Waals surface area contributed by atoms with Gasteiger partial charge in [0.25, 0.3) is 0 Å². The fourth-order valence-electron chi connectivity index (χ4n) is 3.10. The third-order valence-electron chi connectivity index (χ3n) is 4.56. The number of aromatic nitrogens is 1. The first kappa shape index (κ1) is 19.1. The van der Waals surface area contributed by atoms with Crippen molar-refractivity contribution in [1.82, 2.24) is 9.88 Å². The molecule has 1 aromatic heterocycles. The molecule has 0 bridgehead atoms. The maximum absolute atomic E-state index is 6.05. The lowest BCUT2D eigenvalue weighted by Crippen LogP contribution is -2.38. The zero-order valence-electron chi connectivity index (χ0n) is 16.1. The van der Waals surface area contributed by atoms with Gasteiger partial charge in [-0.15, -0.1) is 11.3 Å². The van der Waals surface area contributed by atoms with Crippen molar-refractivity contribution in [2.45, 2.75) is 26.7 Å². The summed E-state index contributed by atoms with van der Waals surface area (Å²) in [5.41, 5.74) is 2.25. The molecule has 1 fully saturated rings. The topological polar surface area (TPSA) is 43.8 Å². The molecule has 3 rings (SSSR count). The average molecular weight is 377 g/mol. The van der Waals surface area contributed by atoms with Crippen LogP contribution in [0.15, 0.2) is 18.2 Å². The second-order valence-corrected chi connectivity index (χ2v) is 7.99. The van der Waals surface area contributed by atoms with Crippen LogP contribution in [-0.4, -0.2) is 56.4 Å². The van der Waals surface area contributed by atoms with Gasteiger partial charge in [-0.25, -0.2) is 4.98 Å². The van der Waals surface area contributed by atoms with E-state index in [4.69, 9.17) is 19.2 Å². The lowest BCUT2D eigenvalue weighted by atomic mass is 10.1. The molecule has 5 nitrogen and oxygen atoms in total. The third-order valence-corrected chi connectivity index (χ3v) is 5.59. The standard InChI is InChI=1S/C20H28N2O3S/c1-14(2)19-15(3)26-20(21-19)16-5-6-17(23-4)18(13-16)25-12-9-22-7-10-24-11-8-22/h5-6,13-14H,7-12H2,1-4H3. The number of methoxy groups -OCH3 is 1. The first-order valence-electron chi connectivity index (χ1n) is 9.17. The average Bonchev–Trinajstić information content (AvgIpc) is 3.04. The molecule has 26 heavy (non-hydrogen) atoms. The highest BCUT2D eigenvalue weighted by Crippen LogP contribution is 2.36. The summed E-state index contributed by atoms with van der Waals surface area (Å²) in [5.74, 6) is 1.97. The minimum absolute atomic E-state index is 0.433. The van der Waals surface area contributed by atoms with Crippen LogP contribution in [0.2, 0.25) is 0 Å². The summed E-state index contributed by atoms with van der Waals surface area (Å²) in [6.07, 6.45) is 0. The van der Waals surface area contributed by atoms with Gasteiger partial charge in [-0.1, -0.05) is 13.8 Å². The van der Waals surface area contributed by atoms with E-state index in [9.17, 15) is 0 Å². The molecule has 0 N–H and O–H groups in total. The largest absolute Gasteiger partial charge is 0.493 e. The van der Waals surface area contributed by atoms with Gasteiger partial charge in [-0.2, -0.15) is 0 Å². The quantitative estimate of drug-likeness (QED) is 0.732. The Bertz CT molecular complexity index is 724. The number of hydrogen-bond acceptors (Lipinski definition) is 6. The highest BCUT2D eigenvalue weighted by Gasteiger charge is 2.15. The summed E-state index contributed by atoms with van der Waals surface area (Å²) in [6.45, 7) is 11.6. The van der Waals surface area contributed by atoms with Crippen molar-refractivity contribution in [3.8, 4) is 22.1 Å². The molecule has 6 heteroatoms. The van der Waals surface area contributed by atoms with Crippen molar-refractivity contribution < 1.29 is 14.2 Å². The van der Waals surface area contributed by atoms with E-state index in [0.717, 1.165) is 54.9 Å². The summed E-state index contributed by atoms with van der Waals surface area (Å²) in [6, 6.07) is 6.06. The zero-order valence-corrected chi connectivity index (χ0v) is 16.9. The second-order valence-electron chi connectivity index (χ2n) is 6.78. The minimum Gasteiger partial charge on any atom is -0.493 e. The number of rotatable bonds is 7. The summed E-state index contributed by atoms with van der Waals surface area (Å²) >= 11 is 1.73. The predicted octanol–water partition coefficient (Wildman–Crippen LogP) is 3.96. The highest BCUT2D eigenvalue weighted by molar-refractivity contribution is 7.15. The number of thiazole rings is 1. The number of benzene rings is 1. The van der Waals surface area contributed by atoms with E-state index in [1.54, 1.807) is 18.4 Å². The van der Waals surface area contributed by atoms with Gasteiger partial charge >= 0.3 is 0 Å². The summed E-state index contributed by atoms with van der Waals surface area (Å²) in [7, 11) is 1.67. The van der Waals surface area contributed by atoms with Crippen molar-refractivity contribution in [2.24, 2.45) is 0 Å². The normalized spacial score (nSPS) is 15.4. The van der Waals surface area contributed by atoms with Gasteiger partial charge in [-0.05, 0) is 31.0 Å². The van der Waals surface area contributed by atoms with Crippen LogP contribution < -0.4 is 9.47 Å². The van der Waals surface area contributed by atoms with E-state index in [1.807, 2.05) is 12.1 Å². The molecule has 0 saturated carbocycles. The molecule has 0 aliphatic carbocycles. The summed E-state index contributed by atoms with van der Waals surface area (Å²) < 4.78 is 16.9. The maximum Gasteiger partial charge on any atom is 0.161 e. The van der Waals surface area contributed by atoms with Gasteiger partial charge in [-0.3, -0.25) is 4.90 Å². The van der Waals surface area contributed by atoms with Gasteiger partial charge in [0, 0.05) is 30.1 Å². The van der Waals surface area contributed by atoms with Gasteiger partial charge < -0.3 is 14.2 Å². The van der Waals surface area contributed by atoms with E-state index >= 15 is 0 Å². The molecule has 1 saturated heterocycles. The maximum atomic E-state index is 6.05. The lowest BCUT2D eigenvalue weighted by molar-refractivity contribution is 0.0321. The fourth-order valence-corrected chi connectivity index (χ4v) is 4.16. The Kier molecular flexibility index (Phi) is 6.51. The summed E-state index contributed by atoms with van der Waals surface area (Å²) in [5, 5.41) is 1.03. The van der Waals surface area contributed by atoms with Gasteiger partial charge in [0.15, 0.2) is 11.5 Å². The molecular formula is C20H28N2O3S. The number of aryl methyl sites for hydroxylation is 1. The van der Waals surface area contributed by atoms with E-state index < -0.39 is 0 Å². The van der Waals surface area contributed by atoms with Crippen molar-refractivity contribution in [2.75, 3.05) is 46.6 Å². The molecule has 0 atom stereocenters. The number of nitrogens with zero attached hydrogens (tertiary/aromatic N) is 2. The van der Waals surface area contributed by atoms with Crippen LogP contribution in [0.1, 0.15) is 30.3 Å². The van der Waals surface area contributed by atoms with Gasteiger partial charge in [0.2, 0.25) is 0 Å². The Morgan fingerprint density at radius 1 is 1.23 bits per heavy atom. The monoisotopic (exact) mass is 376 g/mol. The molecule has 1 aliphatic rings. The fraction of sp³-hybridized carbons (Fsp3) is 0.550. The first-order valence-corrected chi connectivity index (χ1v) is 9.98. The summed E-state index contributed by atoms with van der Waals surface area (Å²) in [4.78, 5) is 8.47. The smallest absolute Gasteiger partial charge is 0.161 e. The van der Waals surface area contributed by atoms with Crippen LogP contribution in [0, 0.1) is 6.92 Å². The molecule has 142 valence electrons. The predicted molar refractivity (Wildman–Crippen MR) is 106 cm³/mol. The number of morpholine rings is 1. The Balaban J connectivity index is 1.72. The Morgan fingerprint density at radius 2 is 2.00 bits per heavy atom. The van der Waals surface area contributed by atoms with Crippen molar-refractivity contribution in [3.05, 3.63) is 28.8 Å². The molecule has 2 aromatic rings. The van der Waals surface area contributed by atoms with Crippen LogP contribution in [0.4, 0.5) is 0 Å². The zero-order chi connectivity index (χ0) is 18.5. The Labute approximate surface area is 159 Å². The molecule has 1 aliphatic heterocycles. The van der Waals surface area contributed by atoms with Crippen LogP contribution in [0.25, 0.3) is 10.6 Å². The van der Waals surface area contributed by atoms with E-state index in [-0.39, 0.29) is 0 Å². The molecule has 0 unspecified atom stereocenters. The number of ether oxygens (including phenoxy) is 3. The molecular weight excluding hydrogens is 348 g/mol. The van der Waals surface area contributed by atoms with Crippen LogP contribution in [0.5, 0.6) is 11.5 Å². The molecule has 0 radical (unpaired) electrons. The van der Waals surface area contributed by atoms with E-state index in [1.165, 1.54) is 10.6 Å². The molecule has 0 amide bonds. The molecule has 0 spiro atoms. The third kappa shape index (κ3) is 4.55. The van der Waals surface area contributed by atoms with Crippen molar-refractivity contribution >= 4 is 11.3 Å². The first-order chi connectivity index (χ1) is 12.6. The Morgan fingerprint density at radius 3 is 2.65 bits per heavy atom. The molecule has 2 heterocycles. The van der Waals surface area contributed by atoms with E-state index in [0.29, 0.717) is 12.5 Å². The highest BCUT2D eigenvalue weighted by atomic mass is 32.1. The Hall–Kier alpha value is -1.63. The van der Waals surface area contributed by atoms with Crippen LogP contribution in [-0.2, 0) is 4.74 Å². The van der Waals surface area contributed by atoms with Crippen LogP contribution >= 0.6 is 11.3 Å². The SMILES string of the molecule is COc1ccc(-c2nc(C(C)C)c(C)s2)cc1OCCN1CCOCC1. The number of hydrogen-bond donors (Lipinski definition) is 0. The van der Waals surface area contributed by atoms with Gasteiger partial charge in [0.1, 0.15) is 11.6 Å².